The van der Waals surface area contributed by atoms with Gasteiger partial charge in [0.25, 0.3) is 0 Å². The molecule has 0 amide bonds. The van der Waals surface area contributed by atoms with E-state index in [4.69, 9.17) is 9.47 Å². The van der Waals surface area contributed by atoms with E-state index in [2.05, 4.69) is 0 Å². The monoisotopic (exact) mass is 240 g/mol. The summed E-state index contributed by atoms with van der Waals surface area (Å²) in [6.07, 6.45) is 6.09. The number of carbonyl (C=O) groups excluding carboxylic acids is 2. The lowest BCUT2D eigenvalue weighted by atomic mass is 10.0. The average Bonchev–Trinajstić information content (AvgIpc) is 2.79. The minimum absolute atomic E-state index is 0.0561. The van der Waals surface area contributed by atoms with E-state index in [0.29, 0.717) is 5.92 Å². The Balaban J connectivity index is 2.76. The fourth-order valence-electron chi connectivity index (χ4n) is 2.00. The lowest BCUT2D eigenvalue weighted by Gasteiger charge is -2.09. The van der Waals surface area contributed by atoms with Crippen molar-refractivity contribution in [2.45, 2.75) is 39.5 Å². The van der Waals surface area contributed by atoms with Crippen LogP contribution in [0.1, 0.15) is 39.5 Å². The molecule has 0 atom stereocenters. The van der Waals surface area contributed by atoms with Crippen LogP contribution in [0.2, 0.25) is 0 Å². The molecule has 4 nitrogen and oxygen atoms in total. The van der Waals surface area contributed by atoms with Crippen LogP contribution >= 0.6 is 0 Å². The predicted molar refractivity (Wildman–Crippen MR) is 63.3 cm³/mol. The molecule has 17 heavy (non-hydrogen) atoms. The smallest absolute Gasteiger partial charge is 0.345 e. The maximum absolute atomic E-state index is 11.7. The highest BCUT2D eigenvalue weighted by atomic mass is 16.6. The Morgan fingerprint density at radius 2 is 1.53 bits per heavy atom. The predicted octanol–water partition coefficient (Wildman–Crippen LogP) is 2.23. The number of carbonyl (C=O) groups is 2. The van der Waals surface area contributed by atoms with Crippen LogP contribution in [0.5, 0.6) is 0 Å². The van der Waals surface area contributed by atoms with Gasteiger partial charge < -0.3 is 9.47 Å². The van der Waals surface area contributed by atoms with Crippen molar-refractivity contribution in [1.82, 2.24) is 0 Å². The Morgan fingerprint density at radius 3 is 1.94 bits per heavy atom. The molecular weight excluding hydrogens is 220 g/mol. The van der Waals surface area contributed by atoms with Gasteiger partial charge in [0.2, 0.25) is 0 Å². The molecule has 1 fully saturated rings. The van der Waals surface area contributed by atoms with E-state index in [1.54, 1.807) is 19.9 Å². The molecule has 0 aliphatic heterocycles. The summed E-state index contributed by atoms with van der Waals surface area (Å²) in [5.74, 6) is -0.838. The molecule has 0 unspecified atom stereocenters. The zero-order valence-electron chi connectivity index (χ0n) is 10.5. The standard InChI is InChI=1S/C13H20O4/c1-3-16-12(14)11(13(15)17-4-2)9-10-7-5-6-8-10/h9-10H,3-8H2,1-2H3. The van der Waals surface area contributed by atoms with Gasteiger partial charge in [-0.3, -0.25) is 0 Å². The van der Waals surface area contributed by atoms with Crippen LogP contribution in [0.25, 0.3) is 0 Å². The van der Waals surface area contributed by atoms with Gasteiger partial charge in [0.1, 0.15) is 5.57 Å². The third kappa shape index (κ3) is 4.21. The zero-order valence-corrected chi connectivity index (χ0v) is 10.5. The summed E-state index contributed by atoms with van der Waals surface area (Å²) in [7, 11) is 0. The summed E-state index contributed by atoms with van der Waals surface area (Å²) in [5.41, 5.74) is 0.0561. The Labute approximate surface area is 102 Å². The molecule has 0 aromatic carbocycles. The highest BCUT2D eigenvalue weighted by Gasteiger charge is 2.24. The van der Waals surface area contributed by atoms with E-state index < -0.39 is 11.9 Å². The number of ether oxygens (including phenoxy) is 2. The molecule has 0 radical (unpaired) electrons. The van der Waals surface area contributed by atoms with Gasteiger partial charge in [-0.15, -0.1) is 0 Å². The molecule has 0 bridgehead atoms. The first kappa shape index (κ1) is 13.7. The van der Waals surface area contributed by atoms with E-state index in [9.17, 15) is 9.59 Å². The van der Waals surface area contributed by atoms with Gasteiger partial charge in [0, 0.05) is 0 Å². The minimum Gasteiger partial charge on any atom is -0.462 e. The normalized spacial score (nSPS) is 15.4. The van der Waals surface area contributed by atoms with Crippen molar-refractivity contribution >= 4 is 11.9 Å². The first-order valence-electron chi connectivity index (χ1n) is 6.25. The minimum atomic E-state index is -0.571. The van der Waals surface area contributed by atoms with Crippen LogP contribution in [0.3, 0.4) is 0 Å². The SMILES string of the molecule is CCOC(=O)C(=CC1CCCC1)C(=O)OCC. The van der Waals surface area contributed by atoms with Crippen LogP contribution in [-0.2, 0) is 19.1 Å². The molecule has 0 aromatic rings. The van der Waals surface area contributed by atoms with Crippen molar-refractivity contribution in [3.05, 3.63) is 11.6 Å². The summed E-state index contributed by atoms with van der Waals surface area (Å²) < 4.78 is 9.75. The molecule has 0 aromatic heterocycles. The van der Waals surface area contributed by atoms with E-state index >= 15 is 0 Å². The molecule has 1 aliphatic rings. The number of allylic oxidation sites excluding steroid dienone is 1. The topological polar surface area (TPSA) is 52.6 Å². The van der Waals surface area contributed by atoms with Crippen molar-refractivity contribution in [1.29, 1.82) is 0 Å². The zero-order chi connectivity index (χ0) is 12.7. The Hall–Kier alpha value is -1.32. The van der Waals surface area contributed by atoms with Gasteiger partial charge in [-0.05, 0) is 32.6 Å². The van der Waals surface area contributed by atoms with Gasteiger partial charge in [-0.2, -0.15) is 0 Å². The van der Waals surface area contributed by atoms with E-state index in [-0.39, 0.29) is 18.8 Å². The highest BCUT2D eigenvalue weighted by molar-refractivity contribution is 6.14. The summed E-state index contributed by atoms with van der Waals surface area (Å²) in [6.45, 7) is 3.97. The largest absolute Gasteiger partial charge is 0.462 e. The lowest BCUT2D eigenvalue weighted by molar-refractivity contribution is -0.146. The summed E-state index contributed by atoms with van der Waals surface area (Å²) in [4.78, 5) is 23.3. The average molecular weight is 240 g/mol. The van der Waals surface area contributed by atoms with Crippen molar-refractivity contribution < 1.29 is 19.1 Å². The van der Waals surface area contributed by atoms with E-state index in [1.807, 2.05) is 0 Å². The Bertz CT molecular complexity index is 281. The van der Waals surface area contributed by atoms with Crippen LogP contribution < -0.4 is 0 Å². The van der Waals surface area contributed by atoms with Gasteiger partial charge in [0.05, 0.1) is 13.2 Å². The van der Waals surface area contributed by atoms with Crippen LogP contribution in [0.4, 0.5) is 0 Å². The molecule has 0 N–H and O–H groups in total. The second-order valence-electron chi connectivity index (χ2n) is 4.07. The van der Waals surface area contributed by atoms with Crippen molar-refractivity contribution in [3.63, 3.8) is 0 Å². The fraction of sp³-hybridized carbons (Fsp3) is 0.692. The molecule has 1 saturated carbocycles. The molecule has 4 heteroatoms. The van der Waals surface area contributed by atoms with Crippen molar-refractivity contribution in [2.75, 3.05) is 13.2 Å². The van der Waals surface area contributed by atoms with Crippen LogP contribution in [0.15, 0.2) is 11.6 Å². The Morgan fingerprint density at radius 1 is 1.06 bits per heavy atom. The first-order chi connectivity index (χ1) is 8.19. The highest BCUT2D eigenvalue weighted by Crippen LogP contribution is 2.27. The van der Waals surface area contributed by atoms with Gasteiger partial charge in [-0.25, -0.2) is 9.59 Å². The summed E-state index contributed by atoms with van der Waals surface area (Å²) in [5, 5.41) is 0. The fourth-order valence-corrected chi connectivity index (χ4v) is 2.00. The molecule has 0 spiro atoms. The number of hydrogen-bond donors (Lipinski definition) is 0. The maximum atomic E-state index is 11.7. The number of rotatable bonds is 5. The molecule has 1 aliphatic carbocycles. The molecule has 0 saturated heterocycles. The Kier molecular flexibility index (Phi) is 5.73. The van der Waals surface area contributed by atoms with Crippen LogP contribution in [0, 0.1) is 5.92 Å². The number of hydrogen-bond acceptors (Lipinski definition) is 4. The summed E-state index contributed by atoms with van der Waals surface area (Å²) in [6, 6.07) is 0. The molecule has 1 rings (SSSR count). The van der Waals surface area contributed by atoms with Crippen LogP contribution in [-0.4, -0.2) is 25.2 Å². The first-order valence-corrected chi connectivity index (χ1v) is 6.25. The molecule has 96 valence electrons. The van der Waals surface area contributed by atoms with E-state index in [0.717, 1.165) is 25.7 Å². The van der Waals surface area contributed by atoms with Gasteiger partial charge >= 0.3 is 11.9 Å². The second kappa shape index (κ2) is 7.09. The molecular formula is C13H20O4. The third-order valence-electron chi connectivity index (χ3n) is 2.79. The van der Waals surface area contributed by atoms with Crippen molar-refractivity contribution in [3.8, 4) is 0 Å². The van der Waals surface area contributed by atoms with Gasteiger partial charge in [0.15, 0.2) is 0 Å². The second-order valence-corrected chi connectivity index (χ2v) is 4.07. The van der Waals surface area contributed by atoms with E-state index in [1.165, 1.54) is 0 Å². The van der Waals surface area contributed by atoms with Crippen molar-refractivity contribution in [2.24, 2.45) is 5.92 Å². The number of esters is 2. The summed E-state index contributed by atoms with van der Waals surface area (Å²) >= 11 is 0. The third-order valence-corrected chi connectivity index (χ3v) is 2.79. The lowest BCUT2D eigenvalue weighted by Crippen LogP contribution is -2.19. The van der Waals surface area contributed by atoms with Gasteiger partial charge in [-0.1, -0.05) is 18.9 Å². The maximum Gasteiger partial charge on any atom is 0.345 e. The quantitative estimate of drug-likeness (QED) is 0.320. The molecule has 0 heterocycles.